The SMILES string of the molecule is COC(=O)NC(C(=O)N1CCCC1c1ncc(C#Cc2csc3c(-c4ccc(-c5cnc(C6CCCN6C(=O)C(NC(=O)OC)C(C)C)[nH]5)cc4)csc23)[nH]1)C(C)C. The lowest BCUT2D eigenvalue weighted by Gasteiger charge is -2.30. The van der Waals surface area contributed by atoms with E-state index in [2.05, 4.69) is 77.4 Å². The first-order valence-electron chi connectivity index (χ1n) is 19.5. The Morgan fingerprint density at radius 1 is 0.741 bits per heavy atom. The van der Waals surface area contributed by atoms with Crippen LogP contribution >= 0.6 is 22.7 Å². The molecule has 304 valence electrons. The van der Waals surface area contributed by atoms with Gasteiger partial charge in [-0.15, -0.1) is 22.7 Å². The number of imidazole rings is 2. The molecule has 0 spiro atoms. The number of nitrogens with one attached hydrogen (secondary N) is 4. The quantitative estimate of drug-likeness (QED) is 0.107. The molecule has 5 aromatic rings. The lowest BCUT2D eigenvalue weighted by molar-refractivity contribution is -0.136. The normalized spacial score (nSPS) is 17.7. The largest absolute Gasteiger partial charge is 0.453 e. The van der Waals surface area contributed by atoms with Crippen LogP contribution in [0.5, 0.6) is 0 Å². The number of benzene rings is 1. The van der Waals surface area contributed by atoms with E-state index in [9.17, 15) is 19.2 Å². The number of methoxy groups -OCH3 is 2. The molecular formula is C42H48N8O6S2. The molecule has 7 rings (SSSR count). The molecule has 4 amide bonds. The summed E-state index contributed by atoms with van der Waals surface area (Å²) in [6.07, 6.45) is 5.50. The summed E-state index contributed by atoms with van der Waals surface area (Å²) in [5.74, 6) is 7.47. The molecule has 2 aliphatic rings. The van der Waals surface area contributed by atoms with Crippen molar-refractivity contribution in [1.29, 1.82) is 0 Å². The molecule has 2 aliphatic heterocycles. The summed E-state index contributed by atoms with van der Waals surface area (Å²) in [6, 6.07) is 6.54. The van der Waals surface area contributed by atoms with Gasteiger partial charge in [0, 0.05) is 29.4 Å². The van der Waals surface area contributed by atoms with Crippen LogP contribution in [0, 0.1) is 23.7 Å². The van der Waals surface area contributed by atoms with Gasteiger partial charge in [-0.3, -0.25) is 9.59 Å². The number of aromatic amines is 2. The van der Waals surface area contributed by atoms with Crippen LogP contribution in [0.4, 0.5) is 9.59 Å². The van der Waals surface area contributed by atoms with E-state index >= 15 is 0 Å². The maximum absolute atomic E-state index is 13.6. The first-order chi connectivity index (χ1) is 28.0. The summed E-state index contributed by atoms with van der Waals surface area (Å²) in [4.78, 5) is 70.7. The molecule has 0 radical (unpaired) electrons. The second-order valence-electron chi connectivity index (χ2n) is 15.2. The Morgan fingerprint density at radius 3 is 1.84 bits per heavy atom. The number of amides is 4. The van der Waals surface area contributed by atoms with E-state index in [1.165, 1.54) is 18.9 Å². The van der Waals surface area contributed by atoms with Gasteiger partial charge in [-0.05, 0) is 54.6 Å². The zero-order valence-electron chi connectivity index (χ0n) is 33.4. The maximum atomic E-state index is 13.6. The lowest BCUT2D eigenvalue weighted by atomic mass is 10.0. The Bertz CT molecular complexity index is 2350. The maximum Gasteiger partial charge on any atom is 0.407 e. The van der Waals surface area contributed by atoms with E-state index in [4.69, 9.17) is 9.47 Å². The van der Waals surface area contributed by atoms with Crippen LogP contribution in [0.3, 0.4) is 0 Å². The molecule has 6 heterocycles. The van der Waals surface area contributed by atoms with Crippen molar-refractivity contribution in [2.75, 3.05) is 27.3 Å². The number of aromatic nitrogens is 4. The van der Waals surface area contributed by atoms with Gasteiger partial charge in [0.2, 0.25) is 11.8 Å². The van der Waals surface area contributed by atoms with Crippen LogP contribution in [-0.2, 0) is 19.1 Å². The molecule has 4 N–H and O–H groups in total. The van der Waals surface area contributed by atoms with Gasteiger partial charge in [-0.1, -0.05) is 57.9 Å². The molecule has 58 heavy (non-hydrogen) atoms. The Balaban J connectivity index is 1.02. The third kappa shape index (κ3) is 8.32. The summed E-state index contributed by atoms with van der Waals surface area (Å²) in [7, 11) is 2.58. The van der Waals surface area contributed by atoms with Crippen LogP contribution in [0.1, 0.15) is 88.4 Å². The van der Waals surface area contributed by atoms with Crippen LogP contribution in [0.25, 0.3) is 31.8 Å². The third-order valence-electron chi connectivity index (χ3n) is 10.8. The van der Waals surface area contributed by atoms with Crippen molar-refractivity contribution >= 4 is 56.1 Å². The molecule has 0 bridgehead atoms. The zero-order valence-corrected chi connectivity index (χ0v) is 35.0. The fraction of sp³-hybridized carbons (Fsp3) is 0.429. The number of carbonyl (C=O) groups excluding carboxylic acids is 4. The number of hydrogen-bond acceptors (Lipinski definition) is 10. The average Bonchev–Trinajstić information content (AvgIpc) is 4.07. The molecule has 0 aliphatic carbocycles. The Kier molecular flexibility index (Phi) is 12.2. The van der Waals surface area contributed by atoms with Crippen LogP contribution < -0.4 is 10.6 Å². The summed E-state index contributed by atoms with van der Waals surface area (Å²) < 4.78 is 11.8. The van der Waals surface area contributed by atoms with Crippen molar-refractivity contribution in [3.63, 3.8) is 0 Å². The number of ether oxygens (including phenoxy) is 2. The van der Waals surface area contributed by atoms with Crippen LogP contribution in [-0.4, -0.2) is 93.1 Å². The molecular weight excluding hydrogens is 777 g/mol. The van der Waals surface area contributed by atoms with Gasteiger partial charge in [0.15, 0.2) is 0 Å². The fourth-order valence-electron chi connectivity index (χ4n) is 7.68. The summed E-state index contributed by atoms with van der Waals surface area (Å²) in [6.45, 7) is 8.77. The lowest BCUT2D eigenvalue weighted by Crippen LogP contribution is -2.51. The number of hydrogen-bond donors (Lipinski definition) is 4. The smallest absolute Gasteiger partial charge is 0.407 e. The highest BCUT2D eigenvalue weighted by atomic mass is 32.1. The minimum atomic E-state index is -0.696. The first-order valence-corrected chi connectivity index (χ1v) is 21.2. The van der Waals surface area contributed by atoms with Gasteiger partial charge in [0.25, 0.3) is 0 Å². The van der Waals surface area contributed by atoms with E-state index in [1.807, 2.05) is 38.8 Å². The van der Waals surface area contributed by atoms with Gasteiger partial charge < -0.3 is 39.9 Å². The van der Waals surface area contributed by atoms with E-state index in [0.29, 0.717) is 24.6 Å². The van der Waals surface area contributed by atoms with Gasteiger partial charge >= 0.3 is 12.2 Å². The topological polar surface area (TPSA) is 175 Å². The van der Waals surface area contributed by atoms with Crippen molar-refractivity contribution in [2.24, 2.45) is 11.8 Å². The average molecular weight is 825 g/mol. The number of fused-ring (bicyclic) bond motifs is 1. The summed E-state index contributed by atoms with van der Waals surface area (Å²) >= 11 is 3.33. The monoisotopic (exact) mass is 824 g/mol. The van der Waals surface area contributed by atoms with Gasteiger partial charge in [0.1, 0.15) is 29.4 Å². The van der Waals surface area contributed by atoms with E-state index in [-0.39, 0.29) is 35.7 Å². The number of rotatable bonds is 10. The first kappa shape index (κ1) is 40.5. The van der Waals surface area contributed by atoms with Crippen molar-refractivity contribution in [3.8, 4) is 34.2 Å². The molecule has 0 saturated carbocycles. The van der Waals surface area contributed by atoms with Gasteiger partial charge in [0.05, 0.1) is 59.4 Å². The number of H-pyrrole nitrogens is 2. The summed E-state index contributed by atoms with van der Waals surface area (Å²) in [5, 5.41) is 9.64. The van der Waals surface area contributed by atoms with Crippen molar-refractivity contribution in [3.05, 3.63) is 70.3 Å². The van der Waals surface area contributed by atoms with Gasteiger partial charge in [-0.25, -0.2) is 19.6 Å². The van der Waals surface area contributed by atoms with E-state index in [0.717, 1.165) is 64.2 Å². The predicted molar refractivity (Wildman–Crippen MR) is 223 cm³/mol. The molecule has 16 heteroatoms. The second-order valence-corrected chi connectivity index (χ2v) is 17.0. The Hall–Kier alpha value is -5.66. The third-order valence-corrected chi connectivity index (χ3v) is 13.0. The Morgan fingerprint density at radius 2 is 1.28 bits per heavy atom. The van der Waals surface area contributed by atoms with Crippen LogP contribution in [0.15, 0.2) is 47.4 Å². The molecule has 4 atom stereocenters. The predicted octanol–water partition coefficient (Wildman–Crippen LogP) is 7.23. The number of nitrogens with zero attached hydrogens (tertiary/aromatic N) is 4. The standard InChI is InChI=1S/C42H48N8O6S2/c1-23(2)33(47-41(53)55-5)39(51)49-17-7-9-31(49)37-43-19-28(45-37)16-15-27-21-57-36-29(22-58-35(27)36)25-11-13-26(14-12-25)30-20-44-38(46-30)32-10-8-18-50(32)40(52)34(24(3)4)48-42(54)56-6/h11-14,19-24,31-34H,7-10,17-18H2,1-6H3,(H,43,45)(H,44,46)(H,47,53)(H,48,54). The highest BCUT2D eigenvalue weighted by Crippen LogP contribution is 2.41. The fourth-order valence-corrected chi connectivity index (χ4v) is 9.99. The minimum Gasteiger partial charge on any atom is -0.453 e. The second kappa shape index (κ2) is 17.5. The highest BCUT2D eigenvalue weighted by molar-refractivity contribution is 7.27. The number of carbonyl (C=O) groups is 4. The number of alkyl carbamates (subject to hydrolysis) is 2. The minimum absolute atomic E-state index is 0.106. The van der Waals surface area contributed by atoms with Crippen molar-refractivity contribution in [1.82, 2.24) is 40.4 Å². The van der Waals surface area contributed by atoms with Gasteiger partial charge in [-0.2, -0.15) is 0 Å². The number of thiophene rings is 2. The zero-order chi connectivity index (χ0) is 41.1. The van der Waals surface area contributed by atoms with E-state index < -0.39 is 24.3 Å². The number of likely N-dealkylation sites (tertiary alicyclic amines) is 2. The summed E-state index contributed by atoms with van der Waals surface area (Å²) in [5.41, 5.74) is 5.70. The van der Waals surface area contributed by atoms with Crippen molar-refractivity contribution in [2.45, 2.75) is 77.5 Å². The van der Waals surface area contributed by atoms with Crippen LogP contribution in [0.2, 0.25) is 0 Å². The van der Waals surface area contributed by atoms with E-state index in [1.54, 1.807) is 33.8 Å². The highest BCUT2D eigenvalue weighted by Gasteiger charge is 2.39. The molecule has 1 aromatic carbocycles. The molecule has 4 aromatic heterocycles. The molecule has 14 nitrogen and oxygen atoms in total. The van der Waals surface area contributed by atoms with Crippen molar-refractivity contribution < 1.29 is 28.7 Å². The molecule has 2 fully saturated rings. The Labute approximate surface area is 345 Å². The molecule has 4 unspecified atom stereocenters. The molecule has 2 saturated heterocycles.